The number of ketones is 1. The molecule has 1 aliphatic carbocycles. The molecule has 1 aromatic heterocycles. The van der Waals surface area contributed by atoms with Gasteiger partial charge in [-0.05, 0) is 50.1 Å². The van der Waals surface area contributed by atoms with Crippen LogP contribution in [0.5, 0.6) is 5.75 Å². The summed E-state index contributed by atoms with van der Waals surface area (Å²) in [4.78, 5) is 36.8. The third-order valence-electron chi connectivity index (χ3n) is 3.93. The minimum absolute atomic E-state index is 0.0855. The zero-order chi connectivity index (χ0) is 18.0. The second-order valence-corrected chi connectivity index (χ2v) is 5.98. The molecule has 0 N–H and O–H groups in total. The Hall–Kier alpha value is -2.60. The molecule has 7 heteroatoms. The molecule has 0 radical (unpaired) electrons. The van der Waals surface area contributed by atoms with Gasteiger partial charge in [0.05, 0.1) is 6.61 Å². The van der Waals surface area contributed by atoms with Crippen molar-refractivity contribution in [3.05, 3.63) is 57.0 Å². The Labute approximate surface area is 148 Å². The highest BCUT2D eigenvalue weighted by molar-refractivity contribution is 6.30. The smallest absolute Gasteiger partial charge is 0.434 e. The summed E-state index contributed by atoms with van der Waals surface area (Å²) < 4.78 is 11.1. The number of fused-ring (bicyclic) bond motifs is 1. The van der Waals surface area contributed by atoms with E-state index in [1.54, 1.807) is 31.2 Å². The number of ether oxygens (including phenoxy) is 2. The van der Waals surface area contributed by atoms with Gasteiger partial charge in [0.2, 0.25) is 5.75 Å². The summed E-state index contributed by atoms with van der Waals surface area (Å²) in [5.41, 5.74) is 1.03. The van der Waals surface area contributed by atoms with E-state index in [9.17, 15) is 14.4 Å². The van der Waals surface area contributed by atoms with Gasteiger partial charge in [-0.2, -0.15) is 0 Å². The van der Waals surface area contributed by atoms with Gasteiger partial charge in [0.15, 0.2) is 5.78 Å². The Balaban J connectivity index is 2.19. The van der Waals surface area contributed by atoms with Crippen molar-refractivity contribution in [1.82, 2.24) is 4.57 Å². The summed E-state index contributed by atoms with van der Waals surface area (Å²) in [6.07, 6.45) is 0.658. The lowest BCUT2D eigenvalue weighted by molar-refractivity contribution is 0.0961. The zero-order valence-electron chi connectivity index (χ0n) is 13.6. The first-order chi connectivity index (χ1) is 12.0. The number of carbonyl (C=O) groups is 2. The highest BCUT2D eigenvalue weighted by Gasteiger charge is 2.25. The minimum atomic E-state index is -0.981. The number of nitrogens with zero attached hydrogens (tertiary/aromatic N) is 1. The van der Waals surface area contributed by atoms with Crippen molar-refractivity contribution in [1.29, 1.82) is 0 Å². The van der Waals surface area contributed by atoms with Crippen LogP contribution in [0.1, 0.15) is 35.8 Å². The number of aromatic nitrogens is 1. The lowest BCUT2D eigenvalue weighted by Crippen LogP contribution is -2.29. The molecule has 0 saturated heterocycles. The molecular formula is C18H16ClNO5. The molecule has 0 spiro atoms. The van der Waals surface area contributed by atoms with E-state index >= 15 is 0 Å². The number of halogens is 1. The number of carbonyl (C=O) groups excluding carboxylic acids is 2. The van der Waals surface area contributed by atoms with Gasteiger partial charge in [-0.1, -0.05) is 11.6 Å². The average molecular weight is 362 g/mol. The number of pyridine rings is 1. The van der Waals surface area contributed by atoms with Crippen LogP contribution < -0.4 is 10.3 Å². The molecule has 0 amide bonds. The molecule has 6 nitrogen and oxygen atoms in total. The standard InChI is InChI=1S/C18H16ClNO5/c1-2-24-18(23)25-16-10-13-14(4-3-5-15(13)21)20(17(16)22)12-8-6-11(19)7-9-12/h6-10H,2-5H2,1H3. The van der Waals surface area contributed by atoms with Gasteiger partial charge in [0, 0.05) is 28.4 Å². The van der Waals surface area contributed by atoms with E-state index in [1.165, 1.54) is 10.6 Å². The van der Waals surface area contributed by atoms with E-state index in [1.807, 2.05) is 0 Å². The van der Waals surface area contributed by atoms with Crippen LogP contribution >= 0.6 is 11.6 Å². The van der Waals surface area contributed by atoms with Crippen molar-refractivity contribution in [2.45, 2.75) is 26.2 Å². The predicted molar refractivity (Wildman–Crippen MR) is 92.0 cm³/mol. The van der Waals surface area contributed by atoms with Gasteiger partial charge in [-0.25, -0.2) is 4.79 Å². The molecule has 0 unspecified atom stereocenters. The Morgan fingerprint density at radius 3 is 2.60 bits per heavy atom. The van der Waals surface area contributed by atoms with Crippen LogP contribution in [0.15, 0.2) is 35.1 Å². The van der Waals surface area contributed by atoms with E-state index in [-0.39, 0.29) is 18.1 Å². The lowest BCUT2D eigenvalue weighted by atomic mass is 9.94. The Morgan fingerprint density at radius 1 is 1.20 bits per heavy atom. The van der Waals surface area contributed by atoms with Crippen LogP contribution in [0.4, 0.5) is 4.79 Å². The Morgan fingerprint density at radius 2 is 1.92 bits per heavy atom. The maximum absolute atomic E-state index is 12.9. The molecule has 0 saturated carbocycles. The molecular weight excluding hydrogens is 346 g/mol. The maximum Gasteiger partial charge on any atom is 0.514 e. The molecule has 0 aliphatic heterocycles. The van der Waals surface area contributed by atoms with Crippen molar-refractivity contribution in [3.63, 3.8) is 0 Å². The highest BCUT2D eigenvalue weighted by atomic mass is 35.5. The summed E-state index contributed by atoms with van der Waals surface area (Å²) in [6, 6.07) is 8.00. The van der Waals surface area contributed by atoms with E-state index in [4.69, 9.17) is 21.1 Å². The fourth-order valence-electron chi connectivity index (χ4n) is 2.84. The normalized spacial score (nSPS) is 13.3. The van der Waals surface area contributed by atoms with E-state index < -0.39 is 11.7 Å². The van der Waals surface area contributed by atoms with Crippen LogP contribution in [0, 0.1) is 0 Å². The third-order valence-corrected chi connectivity index (χ3v) is 4.18. The van der Waals surface area contributed by atoms with Crippen molar-refractivity contribution < 1.29 is 19.1 Å². The molecule has 25 heavy (non-hydrogen) atoms. The molecule has 1 heterocycles. The third kappa shape index (κ3) is 3.44. The number of benzene rings is 1. The monoisotopic (exact) mass is 361 g/mol. The molecule has 1 aliphatic rings. The summed E-state index contributed by atoms with van der Waals surface area (Å²) in [5.74, 6) is -0.319. The fraction of sp³-hybridized carbons (Fsp3) is 0.278. The first-order valence-corrected chi connectivity index (χ1v) is 8.31. The van der Waals surface area contributed by atoms with Crippen LogP contribution in [-0.4, -0.2) is 23.1 Å². The first-order valence-electron chi connectivity index (χ1n) is 7.94. The van der Waals surface area contributed by atoms with Crippen molar-refractivity contribution in [3.8, 4) is 11.4 Å². The van der Waals surface area contributed by atoms with E-state index in [2.05, 4.69) is 0 Å². The summed E-state index contributed by atoms with van der Waals surface area (Å²) >= 11 is 5.91. The van der Waals surface area contributed by atoms with Crippen LogP contribution in [-0.2, 0) is 11.2 Å². The molecule has 0 fully saturated rings. The SMILES string of the molecule is CCOC(=O)Oc1cc2c(n(-c3ccc(Cl)cc3)c1=O)CCCC2=O. The topological polar surface area (TPSA) is 74.6 Å². The molecule has 1 aromatic carbocycles. The van der Waals surface area contributed by atoms with Crippen LogP contribution in [0.25, 0.3) is 5.69 Å². The van der Waals surface area contributed by atoms with Crippen LogP contribution in [0.2, 0.25) is 5.02 Å². The van der Waals surface area contributed by atoms with Gasteiger partial charge in [0.25, 0.3) is 5.56 Å². The number of hydrogen-bond donors (Lipinski definition) is 0. The van der Waals surface area contributed by atoms with Crippen molar-refractivity contribution in [2.75, 3.05) is 6.61 Å². The van der Waals surface area contributed by atoms with Gasteiger partial charge >= 0.3 is 6.16 Å². The summed E-state index contributed by atoms with van der Waals surface area (Å²) in [6.45, 7) is 1.75. The zero-order valence-corrected chi connectivity index (χ0v) is 14.3. The average Bonchev–Trinajstić information content (AvgIpc) is 2.58. The predicted octanol–water partition coefficient (Wildman–Crippen LogP) is 3.55. The van der Waals surface area contributed by atoms with Crippen molar-refractivity contribution >= 4 is 23.5 Å². The quantitative estimate of drug-likeness (QED) is 0.781. The Bertz CT molecular complexity index is 886. The fourth-order valence-corrected chi connectivity index (χ4v) is 2.97. The number of hydrogen-bond acceptors (Lipinski definition) is 5. The van der Waals surface area contributed by atoms with Gasteiger partial charge in [-0.15, -0.1) is 0 Å². The molecule has 0 atom stereocenters. The van der Waals surface area contributed by atoms with Gasteiger partial charge in [0.1, 0.15) is 0 Å². The van der Waals surface area contributed by atoms with Crippen molar-refractivity contribution in [2.24, 2.45) is 0 Å². The Kier molecular flexibility index (Phi) is 4.90. The first kappa shape index (κ1) is 17.2. The molecule has 3 rings (SSSR count). The second-order valence-electron chi connectivity index (χ2n) is 5.55. The van der Waals surface area contributed by atoms with Gasteiger partial charge in [-0.3, -0.25) is 14.2 Å². The van der Waals surface area contributed by atoms with Gasteiger partial charge < -0.3 is 9.47 Å². The second kappa shape index (κ2) is 7.11. The number of rotatable bonds is 3. The largest absolute Gasteiger partial charge is 0.514 e. The highest BCUT2D eigenvalue weighted by Crippen LogP contribution is 2.26. The summed E-state index contributed by atoms with van der Waals surface area (Å²) in [5, 5.41) is 0.528. The summed E-state index contributed by atoms with van der Waals surface area (Å²) in [7, 11) is 0. The molecule has 0 bridgehead atoms. The van der Waals surface area contributed by atoms with E-state index in [0.29, 0.717) is 41.2 Å². The molecule has 2 aromatic rings. The lowest BCUT2D eigenvalue weighted by Gasteiger charge is -2.21. The van der Waals surface area contributed by atoms with Crippen LogP contribution in [0.3, 0.4) is 0 Å². The number of Topliss-reactive ketones (excluding diaryl/α,β-unsaturated/α-hetero) is 1. The van der Waals surface area contributed by atoms with E-state index in [0.717, 1.165) is 0 Å². The minimum Gasteiger partial charge on any atom is -0.434 e. The maximum atomic E-state index is 12.9. The molecule has 130 valence electrons.